The normalized spacial score (nSPS) is 10.9. The SMILES string of the molecule is Cc1ccc(-c2csc3[nH]c(=S)[nH]c(=O)c23)cc1. The zero-order valence-corrected chi connectivity index (χ0v) is 11.2. The third kappa shape index (κ3) is 1.81. The smallest absolute Gasteiger partial charge is 0.261 e. The number of aryl methyl sites for hydroxylation is 1. The van der Waals surface area contributed by atoms with Gasteiger partial charge in [-0.3, -0.25) is 9.78 Å². The minimum absolute atomic E-state index is 0.134. The molecule has 3 aromatic rings. The van der Waals surface area contributed by atoms with Crippen LogP contribution in [-0.2, 0) is 0 Å². The number of benzene rings is 1. The zero-order valence-electron chi connectivity index (χ0n) is 9.61. The Hall–Kier alpha value is -1.72. The lowest BCUT2D eigenvalue weighted by atomic mass is 10.1. The second-order valence-corrected chi connectivity index (χ2v) is 5.42. The number of aromatic nitrogens is 2. The van der Waals surface area contributed by atoms with Crippen LogP contribution in [0.3, 0.4) is 0 Å². The highest BCUT2D eigenvalue weighted by molar-refractivity contribution is 7.71. The standard InChI is InChI=1S/C13H10N2OS2/c1-7-2-4-8(5-3-7)9-6-18-12-10(9)11(16)14-13(17)15-12/h2-6H,1H3,(H2,14,15,16,17). The summed E-state index contributed by atoms with van der Waals surface area (Å²) in [5, 5.41) is 2.66. The molecule has 0 aliphatic carbocycles. The third-order valence-electron chi connectivity index (χ3n) is 2.83. The number of aromatic amines is 2. The number of thiophene rings is 1. The molecule has 2 heterocycles. The van der Waals surface area contributed by atoms with Gasteiger partial charge in [-0.15, -0.1) is 11.3 Å². The Morgan fingerprint density at radius 1 is 1.17 bits per heavy atom. The van der Waals surface area contributed by atoms with Crippen molar-refractivity contribution in [2.75, 3.05) is 0 Å². The van der Waals surface area contributed by atoms with E-state index < -0.39 is 0 Å². The van der Waals surface area contributed by atoms with Crippen LogP contribution in [0.15, 0.2) is 34.4 Å². The monoisotopic (exact) mass is 274 g/mol. The molecule has 0 aliphatic rings. The van der Waals surface area contributed by atoms with Crippen molar-refractivity contribution in [1.82, 2.24) is 9.97 Å². The van der Waals surface area contributed by atoms with Crippen molar-refractivity contribution in [3.05, 3.63) is 50.3 Å². The summed E-state index contributed by atoms with van der Waals surface area (Å²) >= 11 is 6.46. The fourth-order valence-corrected chi connectivity index (χ4v) is 3.15. The number of hydrogen-bond donors (Lipinski definition) is 2. The Kier molecular flexibility index (Phi) is 2.65. The fraction of sp³-hybridized carbons (Fsp3) is 0.0769. The Morgan fingerprint density at radius 3 is 2.61 bits per heavy atom. The molecule has 2 aromatic heterocycles. The van der Waals surface area contributed by atoms with Gasteiger partial charge in [-0.2, -0.15) is 0 Å². The predicted octanol–water partition coefficient (Wildman–Crippen LogP) is 3.62. The first-order valence-electron chi connectivity index (χ1n) is 5.46. The van der Waals surface area contributed by atoms with E-state index in [0.717, 1.165) is 16.0 Å². The maximum Gasteiger partial charge on any atom is 0.261 e. The van der Waals surface area contributed by atoms with E-state index in [9.17, 15) is 4.79 Å². The molecule has 0 atom stereocenters. The van der Waals surface area contributed by atoms with Crippen molar-refractivity contribution in [2.24, 2.45) is 0 Å². The van der Waals surface area contributed by atoms with Gasteiger partial charge in [0.2, 0.25) is 0 Å². The minimum Gasteiger partial charge on any atom is -0.323 e. The molecule has 3 nitrogen and oxygen atoms in total. The fourth-order valence-electron chi connectivity index (χ4n) is 1.92. The summed E-state index contributed by atoms with van der Waals surface area (Å²) in [4.78, 5) is 18.4. The van der Waals surface area contributed by atoms with Crippen LogP contribution in [0.1, 0.15) is 5.56 Å². The maximum absolute atomic E-state index is 12.0. The first-order chi connectivity index (χ1) is 8.65. The molecule has 1 aromatic carbocycles. The molecule has 0 amide bonds. The van der Waals surface area contributed by atoms with E-state index in [1.165, 1.54) is 16.9 Å². The average Bonchev–Trinajstić information content (AvgIpc) is 2.74. The highest BCUT2D eigenvalue weighted by Crippen LogP contribution is 2.30. The Bertz CT molecular complexity index is 825. The molecule has 0 bridgehead atoms. The lowest BCUT2D eigenvalue weighted by Gasteiger charge is -2.00. The van der Waals surface area contributed by atoms with Crippen molar-refractivity contribution >= 4 is 33.8 Å². The van der Waals surface area contributed by atoms with E-state index in [0.29, 0.717) is 10.2 Å². The highest BCUT2D eigenvalue weighted by Gasteiger charge is 2.10. The molecule has 2 N–H and O–H groups in total. The van der Waals surface area contributed by atoms with Crippen molar-refractivity contribution < 1.29 is 0 Å². The van der Waals surface area contributed by atoms with E-state index in [2.05, 4.69) is 9.97 Å². The van der Waals surface area contributed by atoms with Gasteiger partial charge >= 0.3 is 0 Å². The minimum atomic E-state index is -0.134. The van der Waals surface area contributed by atoms with Gasteiger partial charge in [0, 0.05) is 10.9 Å². The first kappa shape index (κ1) is 11.4. The van der Waals surface area contributed by atoms with Gasteiger partial charge < -0.3 is 4.98 Å². The summed E-state index contributed by atoms with van der Waals surface area (Å²) in [6, 6.07) is 8.13. The van der Waals surface area contributed by atoms with Crippen LogP contribution in [0, 0.1) is 11.7 Å². The average molecular weight is 274 g/mol. The maximum atomic E-state index is 12.0. The Balaban J connectivity index is 2.34. The first-order valence-corrected chi connectivity index (χ1v) is 6.75. The molecule has 0 spiro atoms. The van der Waals surface area contributed by atoms with Crippen molar-refractivity contribution in [2.45, 2.75) is 6.92 Å². The van der Waals surface area contributed by atoms with Crippen molar-refractivity contribution in [3.8, 4) is 11.1 Å². The van der Waals surface area contributed by atoms with Gasteiger partial charge in [-0.25, -0.2) is 0 Å². The van der Waals surface area contributed by atoms with Gasteiger partial charge in [0.1, 0.15) is 4.83 Å². The van der Waals surface area contributed by atoms with Crippen LogP contribution in [-0.4, -0.2) is 9.97 Å². The van der Waals surface area contributed by atoms with Crippen LogP contribution < -0.4 is 5.56 Å². The van der Waals surface area contributed by atoms with E-state index >= 15 is 0 Å². The number of nitrogens with one attached hydrogen (secondary N) is 2. The zero-order chi connectivity index (χ0) is 12.7. The molecule has 0 radical (unpaired) electrons. The number of hydrogen-bond acceptors (Lipinski definition) is 3. The van der Waals surface area contributed by atoms with Crippen molar-refractivity contribution in [1.29, 1.82) is 0 Å². The summed E-state index contributed by atoms with van der Waals surface area (Å²) < 4.78 is 0.366. The van der Waals surface area contributed by atoms with Crippen LogP contribution in [0.2, 0.25) is 0 Å². The van der Waals surface area contributed by atoms with E-state index in [-0.39, 0.29) is 5.56 Å². The molecule has 90 valence electrons. The van der Waals surface area contributed by atoms with Gasteiger partial charge in [0.25, 0.3) is 5.56 Å². The van der Waals surface area contributed by atoms with Gasteiger partial charge in [-0.1, -0.05) is 29.8 Å². The molecular weight excluding hydrogens is 264 g/mol. The van der Waals surface area contributed by atoms with Gasteiger partial charge in [-0.05, 0) is 24.7 Å². The van der Waals surface area contributed by atoms with Gasteiger partial charge in [0.05, 0.1) is 5.39 Å². The number of H-pyrrole nitrogens is 2. The molecule has 18 heavy (non-hydrogen) atoms. The molecule has 0 saturated carbocycles. The summed E-state index contributed by atoms with van der Waals surface area (Å²) in [5.74, 6) is 0. The van der Waals surface area contributed by atoms with Crippen LogP contribution >= 0.6 is 23.6 Å². The number of fused-ring (bicyclic) bond motifs is 1. The van der Waals surface area contributed by atoms with E-state index in [1.54, 1.807) is 0 Å². The quantitative estimate of drug-likeness (QED) is 0.666. The molecular formula is C13H10N2OS2. The van der Waals surface area contributed by atoms with Crippen LogP contribution in [0.25, 0.3) is 21.3 Å². The van der Waals surface area contributed by atoms with E-state index in [1.807, 2.05) is 36.6 Å². The summed E-state index contributed by atoms with van der Waals surface area (Å²) in [7, 11) is 0. The molecule has 0 aliphatic heterocycles. The Labute approximate surface area is 112 Å². The largest absolute Gasteiger partial charge is 0.323 e. The number of rotatable bonds is 1. The second-order valence-electron chi connectivity index (χ2n) is 4.13. The summed E-state index contributed by atoms with van der Waals surface area (Å²) in [6.07, 6.45) is 0. The lowest BCUT2D eigenvalue weighted by molar-refractivity contribution is 1.15. The lowest BCUT2D eigenvalue weighted by Crippen LogP contribution is -2.06. The third-order valence-corrected chi connectivity index (χ3v) is 3.93. The molecule has 3 rings (SSSR count). The van der Waals surface area contributed by atoms with Gasteiger partial charge in [0.15, 0.2) is 4.77 Å². The molecule has 5 heteroatoms. The molecule has 0 fully saturated rings. The summed E-state index contributed by atoms with van der Waals surface area (Å²) in [5.41, 5.74) is 3.06. The summed E-state index contributed by atoms with van der Waals surface area (Å²) in [6.45, 7) is 2.04. The molecule has 0 saturated heterocycles. The van der Waals surface area contributed by atoms with E-state index in [4.69, 9.17) is 12.2 Å². The van der Waals surface area contributed by atoms with Crippen molar-refractivity contribution in [3.63, 3.8) is 0 Å². The molecule has 0 unspecified atom stereocenters. The Morgan fingerprint density at radius 2 is 1.89 bits per heavy atom. The van der Waals surface area contributed by atoms with Crippen LogP contribution in [0.4, 0.5) is 0 Å². The highest BCUT2D eigenvalue weighted by atomic mass is 32.1. The topological polar surface area (TPSA) is 48.6 Å². The second kappa shape index (κ2) is 4.19. The van der Waals surface area contributed by atoms with Crippen LogP contribution in [0.5, 0.6) is 0 Å². The predicted molar refractivity (Wildman–Crippen MR) is 77.8 cm³/mol.